The number of nitrogens with zero attached hydrogens (tertiary/aromatic N) is 1. The summed E-state index contributed by atoms with van der Waals surface area (Å²) in [4.78, 5) is 21.1. The first-order chi connectivity index (χ1) is 8.65. The average molecular weight is 249 g/mol. The maximum atomic E-state index is 11.3. The Balaban J connectivity index is 1.97. The van der Waals surface area contributed by atoms with Crippen molar-refractivity contribution in [2.75, 3.05) is 0 Å². The Morgan fingerprint density at radius 1 is 1.17 bits per heavy atom. The summed E-state index contributed by atoms with van der Waals surface area (Å²) in [5.74, 6) is 0.138. The van der Waals surface area contributed by atoms with Crippen LogP contribution in [0.1, 0.15) is 0 Å². The van der Waals surface area contributed by atoms with Crippen LogP contribution in [0.15, 0.2) is 47.1 Å². The molecule has 0 saturated carbocycles. The highest BCUT2D eigenvalue weighted by atomic mass is 16.8. The van der Waals surface area contributed by atoms with Crippen molar-refractivity contribution in [1.29, 1.82) is 0 Å². The van der Waals surface area contributed by atoms with E-state index in [0.717, 1.165) is 0 Å². The molecule has 2 rings (SSSR count). The molecule has 0 spiro atoms. The molecule has 0 aliphatic rings. The van der Waals surface area contributed by atoms with Crippen LogP contribution in [0.2, 0.25) is 0 Å². The Morgan fingerprint density at radius 2 is 1.89 bits per heavy atom. The summed E-state index contributed by atoms with van der Waals surface area (Å²) in [6.45, 7) is 0. The van der Waals surface area contributed by atoms with Crippen molar-refractivity contribution in [2.24, 2.45) is 0 Å². The minimum Gasteiger partial charge on any atom is -0.434 e. The van der Waals surface area contributed by atoms with Crippen molar-refractivity contribution in [3.05, 3.63) is 52.8 Å². The summed E-state index contributed by atoms with van der Waals surface area (Å²) < 4.78 is 14.2. The smallest absolute Gasteiger partial charge is 0.434 e. The zero-order chi connectivity index (χ0) is 13.0. The summed E-state index contributed by atoms with van der Waals surface area (Å²) in [5.41, 5.74) is -0.0956. The lowest BCUT2D eigenvalue weighted by molar-refractivity contribution is -0.384. The standard InChI is InChI=1S/C11H7NO6/c13-11(18-10-2-1-7-16-10)17-9-5-3-8(4-6-9)12(14)15/h1-7H. The Bertz CT molecular complexity index is 545. The predicted molar refractivity (Wildman–Crippen MR) is 58.5 cm³/mol. The molecule has 0 aliphatic heterocycles. The summed E-state index contributed by atoms with van der Waals surface area (Å²) in [6, 6.07) is 8.01. The van der Waals surface area contributed by atoms with E-state index in [9.17, 15) is 14.9 Å². The van der Waals surface area contributed by atoms with Gasteiger partial charge < -0.3 is 13.9 Å². The van der Waals surface area contributed by atoms with Crippen LogP contribution in [0.25, 0.3) is 0 Å². The van der Waals surface area contributed by atoms with Gasteiger partial charge in [0.1, 0.15) is 5.75 Å². The second-order valence-corrected chi connectivity index (χ2v) is 3.14. The third-order valence-corrected chi connectivity index (χ3v) is 1.93. The molecule has 0 unspecified atom stereocenters. The average Bonchev–Trinajstić information content (AvgIpc) is 2.82. The number of rotatable bonds is 3. The summed E-state index contributed by atoms with van der Waals surface area (Å²) in [7, 11) is 0. The van der Waals surface area contributed by atoms with Crippen LogP contribution in [0.4, 0.5) is 10.5 Å². The summed E-state index contributed by atoms with van der Waals surface area (Å²) in [5, 5.41) is 10.4. The molecule has 1 heterocycles. The molecule has 7 nitrogen and oxygen atoms in total. The molecule has 0 fully saturated rings. The van der Waals surface area contributed by atoms with E-state index in [4.69, 9.17) is 9.15 Å². The van der Waals surface area contributed by atoms with Crippen molar-refractivity contribution in [3.8, 4) is 11.7 Å². The normalized spacial score (nSPS) is 9.78. The van der Waals surface area contributed by atoms with Gasteiger partial charge >= 0.3 is 6.16 Å². The van der Waals surface area contributed by atoms with Gasteiger partial charge in [0.2, 0.25) is 0 Å². The number of carbonyl (C=O) groups is 1. The van der Waals surface area contributed by atoms with E-state index in [-0.39, 0.29) is 17.4 Å². The topological polar surface area (TPSA) is 91.8 Å². The van der Waals surface area contributed by atoms with E-state index in [2.05, 4.69) is 4.74 Å². The zero-order valence-corrected chi connectivity index (χ0v) is 8.94. The Kier molecular flexibility index (Phi) is 3.24. The Morgan fingerprint density at radius 3 is 2.44 bits per heavy atom. The molecule has 92 valence electrons. The van der Waals surface area contributed by atoms with Gasteiger partial charge in [-0.3, -0.25) is 10.1 Å². The number of furan rings is 1. The highest BCUT2D eigenvalue weighted by molar-refractivity contribution is 5.66. The minimum absolute atomic E-state index is 0.00177. The van der Waals surface area contributed by atoms with E-state index >= 15 is 0 Å². The van der Waals surface area contributed by atoms with Crippen molar-refractivity contribution in [3.63, 3.8) is 0 Å². The summed E-state index contributed by atoms with van der Waals surface area (Å²) >= 11 is 0. The van der Waals surface area contributed by atoms with Crippen molar-refractivity contribution >= 4 is 11.8 Å². The van der Waals surface area contributed by atoms with Crippen LogP contribution in [0.5, 0.6) is 11.7 Å². The molecule has 7 heteroatoms. The van der Waals surface area contributed by atoms with Gasteiger partial charge in [0.15, 0.2) is 0 Å². The van der Waals surface area contributed by atoms with Crippen LogP contribution in [-0.4, -0.2) is 11.1 Å². The molecular formula is C11H7NO6. The maximum absolute atomic E-state index is 11.3. The maximum Gasteiger partial charge on any atom is 0.521 e. The SMILES string of the molecule is O=C(Oc1ccc([N+](=O)[O-])cc1)Oc1ccco1. The second-order valence-electron chi connectivity index (χ2n) is 3.14. The molecule has 0 amide bonds. The number of non-ortho nitro benzene ring substituents is 1. The number of nitro groups is 1. The van der Waals surface area contributed by atoms with Gasteiger partial charge in [0.25, 0.3) is 11.6 Å². The Labute approximate surface area is 101 Å². The van der Waals surface area contributed by atoms with Crippen LogP contribution < -0.4 is 9.47 Å². The minimum atomic E-state index is -0.987. The van der Waals surface area contributed by atoms with Crippen LogP contribution in [0.3, 0.4) is 0 Å². The summed E-state index contributed by atoms with van der Waals surface area (Å²) in [6.07, 6.45) is 0.355. The fourth-order valence-corrected chi connectivity index (χ4v) is 1.16. The van der Waals surface area contributed by atoms with Crippen molar-refractivity contribution in [2.45, 2.75) is 0 Å². The van der Waals surface area contributed by atoms with E-state index < -0.39 is 11.1 Å². The second kappa shape index (κ2) is 5.00. The molecule has 1 aromatic carbocycles. The lowest BCUT2D eigenvalue weighted by Gasteiger charge is -2.02. The van der Waals surface area contributed by atoms with Crippen LogP contribution in [0, 0.1) is 10.1 Å². The van der Waals surface area contributed by atoms with Crippen molar-refractivity contribution in [1.82, 2.24) is 0 Å². The van der Waals surface area contributed by atoms with Crippen LogP contribution in [-0.2, 0) is 0 Å². The van der Waals surface area contributed by atoms with Crippen LogP contribution >= 0.6 is 0 Å². The molecule has 0 bridgehead atoms. The lowest BCUT2D eigenvalue weighted by Crippen LogP contribution is -2.13. The van der Waals surface area contributed by atoms with Gasteiger partial charge in [-0.2, -0.15) is 0 Å². The molecule has 0 aliphatic carbocycles. The first-order valence-corrected chi connectivity index (χ1v) is 4.83. The first kappa shape index (κ1) is 11.6. The molecule has 0 saturated heterocycles. The fraction of sp³-hybridized carbons (Fsp3) is 0. The Hall–Kier alpha value is -2.83. The third kappa shape index (κ3) is 2.85. The first-order valence-electron chi connectivity index (χ1n) is 4.83. The van der Waals surface area contributed by atoms with E-state index in [0.29, 0.717) is 0 Å². The monoisotopic (exact) mass is 249 g/mol. The van der Waals surface area contributed by atoms with E-state index in [1.54, 1.807) is 6.07 Å². The molecule has 0 N–H and O–H groups in total. The number of carbonyl (C=O) groups excluding carboxylic acids is 1. The predicted octanol–water partition coefficient (Wildman–Crippen LogP) is 2.77. The van der Waals surface area contributed by atoms with Crippen molar-refractivity contribution < 1.29 is 23.6 Å². The third-order valence-electron chi connectivity index (χ3n) is 1.93. The molecule has 18 heavy (non-hydrogen) atoms. The number of ether oxygens (including phenoxy) is 2. The van der Waals surface area contributed by atoms with E-state index in [1.807, 2.05) is 0 Å². The molecule has 2 aromatic rings. The quantitative estimate of drug-likeness (QED) is 0.359. The van der Waals surface area contributed by atoms with Gasteiger partial charge in [0, 0.05) is 18.2 Å². The molecule has 0 radical (unpaired) electrons. The number of nitro benzene ring substituents is 1. The number of hydrogen-bond donors (Lipinski definition) is 0. The molecule has 0 atom stereocenters. The lowest BCUT2D eigenvalue weighted by atomic mass is 10.3. The number of benzene rings is 1. The zero-order valence-electron chi connectivity index (χ0n) is 8.94. The largest absolute Gasteiger partial charge is 0.521 e. The highest BCUT2D eigenvalue weighted by Crippen LogP contribution is 2.18. The van der Waals surface area contributed by atoms with E-state index in [1.165, 1.54) is 36.6 Å². The molecule has 1 aromatic heterocycles. The van der Waals surface area contributed by atoms with Gasteiger partial charge in [-0.05, 0) is 18.2 Å². The van der Waals surface area contributed by atoms with Gasteiger partial charge in [-0.15, -0.1) is 0 Å². The van der Waals surface area contributed by atoms with Gasteiger partial charge in [0.05, 0.1) is 11.2 Å². The fourth-order valence-electron chi connectivity index (χ4n) is 1.16. The van der Waals surface area contributed by atoms with Gasteiger partial charge in [-0.25, -0.2) is 4.79 Å². The number of hydrogen-bond acceptors (Lipinski definition) is 6. The van der Waals surface area contributed by atoms with Gasteiger partial charge in [-0.1, -0.05) is 0 Å². The molecular weight excluding hydrogens is 242 g/mol. The highest BCUT2D eigenvalue weighted by Gasteiger charge is 2.11.